The molecule has 0 N–H and O–H groups in total. The maximum Gasteiger partial charge on any atom is 0.457 e. The molecule has 1 saturated heterocycles. The Morgan fingerprint density at radius 3 is 2.47 bits per heavy atom. The van der Waals surface area contributed by atoms with Crippen LogP contribution in [0.25, 0.3) is 0 Å². The molecule has 2 saturated carbocycles. The van der Waals surface area contributed by atoms with Gasteiger partial charge in [-0.15, -0.1) is 0 Å². The predicted molar refractivity (Wildman–Crippen MR) is 165 cm³/mol. The maximum atomic E-state index is 14.0. The Bertz CT molecular complexity index is 1480. The summed E-state index contributed by atoms with van der Waals surface area (Å²) in [5, 5.41) is 3.31. The smallest absolute Gasteiger partial charge is 0.457 e. The number of fused-ring (bicyclic) bond motifs is 4. The number of nitrogens with zero attached hydrogens (tertiary/aromatic N) is 2. The van der Waals surface area contributed by atoms with Crippen molar-refractivity contribution in [2.45, 2.75) is 96.2 Å². The van der Waals surface area contributed by atoms with Gasteiger partial charge in [0.05, 0.1) is 5.41 Å². The van der Waals surface area contributed by atoms with Crippen LogP contribution in [0.4, 0.5) is 18.9 Å². The standard InChI is InChI=1S/C36H41F3N2O4/c1-23(42)45-22-32(43)35(16-17-36(37,38)39)15-14-31-29-12-8-25-20-26(40-44)9-13-28(25)33(29)30(21-34(31,35)2)24-6-10-27(11-7-24)41-18-4-3-5-19-41/h6-7,10-11,20,26,29-31H,3-5,8-9,12-15,18-19,21-22H2,1-2H3/t26?,29-,30?,31-,34-,35-/m0/s1. The number of ketones is 1. The molecule has 0 aromatic heterocycles. The molecule has 6 nitrogen and oxygen atoms in total. The number of hydrogen-bond donors (Lipinski definition) is 0. The van der Waals surface area contributed by atoms with Gasteiger partial charge in [-0.1, -0.05) is 41.8 Å². The molecule has 6 rings (SSSR count). The van der Waals surface area contributed by atoms with Crippen molar-refractivity contribution in [2.24, 2.45) is 27.8 Å². The average Bonchev–Trinajstić information content (AvgIpc) is 3.34. The number of piperidine rings is 1. The van der Waals surface area contributed by atoms with Gasteiger partial charge in [0.2, 0.25) is 0 Å². The zero-order chi connectivity index (χ0) is 32.0. The number of hydrogen-bond acceptors (Lipinski definition) is 6. The van der Waals surface area contributed by atoms with Crippen molar-refractivity contribution in [2.75, 3.05) is 24.6 Å². The lowest BCUT2D eigenvalue weighted by Crippen LogP contribution is -2.51. The quantitative estimate of drug-likeness (QED) is 0.184. The number of rotatable bonds is 6. The molecule has 1 aromatic rings. The van der Waals surface area contributed by atoms with Gasteiger partial charge in [0, 0.05) is 37.5 Å². The molecule has 0 radical (unpaired) electrons. The molecular weight excluding hydrogens is 581 g/mol. The van der Waals surface area contributed by atoms with Crippen molar-refractivity contribution >= 4 is 17.4 Å². The van der Waals surface area contributed by atoms with Crippen molar-refractivity contribution in [3.05, 3.63) is 57.5 Å². The van der Waals surface area contributed by atoms with E-state index in [2.05, 4.69) is 40.3 Å². The fraction of sp³-hybridized carbons (Fsp3) is 0.611. The van der Waals surface area contributed by atoms with Gasteiger partial charge < -0.3 is 9.64 Å². The van der Waals surface area contributed by atoms with E-state index in [1.807, 2.05) is 13.0 Å². The summed E-state index contributed by atoms with van der Waals surface area (Å²) in [6.07, 6.45) is 4.97. The first-order valence-electron chi connectivity index (χ1n) is 16.3. The Morgan fingerprint density at radius 1 is 1.07 bits per heavy atom. The first-order chi connectivity index (χ1) is 21.5. The number of Topliss-reactive ketones (excluding diaryl/α,β-unsaturated/α-hetero) is 1. The van der Waals surface area contributed by atoms with E-state index >= 15 is 0 Å². The van der Waals surface area contributed by atoms with E-state index < -0.39 is 35.4 Å². The Balaban J connectivity index is 1.47. The Morgan fingerprint density at radius 2 is 1.80 bits per heavy atom. The number of carbonyl (C=O) groups is 2. The molecule has 0 bridgehead atoms. The molecule has 6 atom stereocenters. The summed E-state index contributed by atoms with van der Waals surface area (Å²) in [4.78, 5) is 39.5. The fourth-order valence-electron chi connectivity index (χ4n) is 9.46. The molecule has 1 aromatic carbocycles. The zero-order valence-corrected chi connectivity index (χ0v) is 26.0. The van der Waals surface area contributed by atoms with Crippen LogP contribution in [0.5, 0.6) is 0 Å². The van der Waals surface area contributed by atoms with Crippen LogP contribution in [0, 0.1) is 39.4 Å². The van der Waals surface area contributed by atoms with Gasteiger partial charge in [0.15, 0.2) is 12.4 Å². The lowest BCUT2D eigenvalue weighted by molar-refractivity contribution is -0.150. The predicted octanol–water partition coefficient (Wildman–Crippen LogP) is 7.83. The van der Waals surface area contributed by atoms with Gasteiger partial charge in [-0.3, -0.25) is 9.59 Å². The number of alkyl halides is 3. The van der Waals surface area contributed by atoms with Crippen LogP contribution in [0.2, 0.25) is 0 Å². The highest BCUT2D eigenvalue weighted by Crippen LogP contribution is 2.69. The third kappa shape index (κ3) is 5.74. The Hall–Kier alpha value is -3.41. The van der Waals surface area contributed by atoms with Crippen molar-refractivity contribution < 1.29 is 27.5 Å². The number of nitroso groups, excluding NO2 is 1. The van der Waals surface area contributed by atoms with Crippen LogP contribution in [0.3, 0.4) is 0 Å². The first-order valence-corrected chi connectivity index (χ1v) is 16.3. The van der Waals surface area contributed by atoms with E-state index in [4.69, 9.17) is 4.74 Å². The van der Waals surface area contributed by atoms with E-state index in [9.17, 15) is 27.7 Å². The van der Waals surface area contributed by atoms with Gasteiger partial charge in [0.25, 0.3) is 0 Å². The number of esters is 1. The van der Waals surface area contributed by atoms with Crippen LogP contribution in [0.1, 0.15) is 89.5 Å². The topological polar surface area (TPSA) is 76.0 Å². The molecule has 0 spiro atoms. The van der Waals surface area contributed by atoms with Crippen LogP contribution < -0.4 is 4.90 Å². The number of halogens is 3. The van der Waals surface area contributed by atoms with Crippen molar-refractivity contribution in [3.8, 4) is 11.8 Å². The zero-order valence-electron chi connectivity index (χ0n) is 26.0. The monoisotopic (exact) mass is 622 g/mol. The third-order valence-corrected chi connectivity index (χ3v) is 11.5. The summed E-state index contributed by atoms with van der Waals surface area (Å²) in [5.41, 5.74) is 3.52. The number of carbonyl (C=O) groups excluding carboxylic acids is 2. The van der Waals surface area contributed by atoms with Crippen molar-refractivity contribution in [1.82, 2.24) is 0 Å². The second kappa shape index (κ2) is 12.1. The lowest BCUT2D eigenvalue weighted by atomic mass is 9.48. The molecule has 4 aliphatic carbocycles. The van der Waals surface area contributed by atoms with E-state index in [1.54, 1.807) is 0 Å². The minimum Gasteiger partial charge on any atom is -0.458 e. The van der Waals surface area contributed by atoms with Gasteiger partial charge in [-0.05, 0) is 110 Å². The number of allylic oxidation sites excluding steroid dienone is 3. The van der Waals surface area contributed by atoms with Gasteiger partial charge in [0.1, 0.15) is 6.04 Å². The Labute approximate surface area is 262 Å². The van der Waals surface area contributed by atoms with E-state index in [0.29, 0.717) is 19.3 Å². The molecule has 45 heavy (non-hydrogen) atoms. The summed E-state index contributed by atoms with van der Waals surface area (Å²) in [6.45, 7) is 4.59. The molecule has 5 aliphatic rings. The minimum absolute atomic E-state index is 0.0591. The first kappa shape index (κ1) is 31.6. The SMILES string of the molecule is CC(=O)OCC(=O)[C@@]1(C#CC(F)(F)F)CC[C@H]2[C@@H]3CCC4=CC(N=O)CCC4=C3C(c3ccc(N4CCCCC4)cc3)C[C@@]21C. The molecule has 9 heteroatoms. The van der Waals surface area contributed by atoms with Gasteiger partial charge in [-0.2, -0.15) is 18.1 Å². The lowest BCUT2D eigenvalue weighted by Gasteiger charge is -2.54. The summed E-state index contributed by atoms with van der Waals surface area (Å²) < 4.78 is 46.0. The molecule has 1 heterocycles. The van der Waals surface area contributed by atoms with Crippen LogP contribution >= 0.6 is 0 Å². The summed E-state index contributed by atoms with van der Waals surface area (Å²) in [5.74, 6) is 2.65. The van der Waals surface area contributed by atoms with Gasteiger partial charge in [-0.25, -0.2) is 0 Å². The number of benzene rings is 1. The van der Waals surface area contributed by atoms with E-state index in [0.717, 1.165) is 56.4 Å². The second-order valence-electron chi connectivity index (χ2n) is 13.8. The summed E-state index contributed by atoms with van der Waals surface area (Å²) in [7, 11) is 0. The average molecular weight is 623 g/mol. The fourth-order valence-corrected chi connectivity index (χ4v) is 9.46. The molecule has 3 fully saturated rings. The molecule has 1 aliphatic heterocycles. The molecule has 0 amide bonds. The van der Waals surface area contributed by atoms with Gasteiger partial charge >= 0.3 is 12.1 Å². The normalized spacial score (nSPS) is 32.7. The largest absolute Gasteiger partial charge is 0.458 e. The molecule has 2 unspecified atom stereocenters. The minimum atomic E-state index is -4.76. The third-order valence-electron chi connectivity index (χ3n) is 11.5. The highest BCUT2D eigenvalue weighted by molar-refractivity contribution is 5.92. The molecular formula is C36H41F3N2O4. The maximum absolute atomic E-state index is 14.0. The number of anilines is 1. The van der Waals surface area contributed by atoms with E-state index in [-0.39, 0.29) is 30.2 Å². The van der Waals surface area contributed by atoms with E-state index in [1.165, 1.54) is 36.0 Å². The van der Waals surface area contributed by atoms with Crippen molar-refractivity contribution in [3.63, 3.8) is 0 Å². The highest BCUT2D eigenvalue weighted by Gasteiger charge is 2.65. The summed E-state index contributed by atoms with van der Waals surface area (Å²) in [6, 6.07) is 8.27. The summed E-state index contributed by atoms with van der Waals surface area (Å²) >= 11 is 0. The van der Waals surface area contributed by atoms with Crippen molar-refractivity contribution in [1.29, 1.82) is 0 Å². The van der Waals surface area contributed by atoms with Crippen LogP contribution in [0.15, 0.2) is 52.2 Å². The Kier molecular flexibility index (Phi) is 8.47. The van der Waals surface area contributed by atoms with Crippen LogP contribution in [-0.2, 0) is 14.3 Å². The van der Waals surface area contributed by atoms with Crippen LogP contribution in [-0.4, -0.2) is 43.7 Å². The number of ether oxygens (including phenoxy) is 1. The second-order valence-corrected chi connectivity index (χ2v) is 13.8. The molecule has 240 valence electrons. The highest BCUT2D eigenvalue weighted by atomic mass is 19.4.